The monoisotopic (exact) mass is 295 g/mol. The molecule has 0 aromatic rings. The molecule has 2 aliphatic carbocycles. The molecule has 71 valence electrons. The van der Waals surface area contributed by atoms with Crippen LogP contribution in [-0.2, 0) is 19.8 Å². The van der Waals surface area contributed by atoms with Gasteiger partial charge in [-0.25, -0.2) is 0 Å². The van der Waals surface area contributed by atoms with Crippen molar-refractivity contribution >= 4 is 24.8 Å². The normalized spacial score (nSPS) is 17.2. The molecule has 0 nitrogen and oxygen atoms in total. The van der Waals surface area contributed by atoms with Crippen molar-refractivity contribution in [1.82, 2.24) is 0 Å². The average Bonchev–Trinajstić information content (AvgIpc) is 2.60. The van der Waals surface area contributed by atoms with E-state index in [1.807, 2.05) is 0 Å². The Morgan fingerprint density at radius 1 is 0.846 bits per heavy atom. The quantitative estimate of drug-likeness (QED) is 0.683. The Kier molecular flexibility index (Phi) is 6.84. The van der Waals surface area contributed by atoms with Crippen LogP contribution in [0, 0.1) is 0 Å². The van der Waals surface area contributed by atoms with Crippen LogP contribution in [0.5, 0.6) is 0 Å². The average molecular weight is 296 g/mol. The van der Waals surface area contributed by atoms with Crippen LogP contribution in [0.2, 0.25) is 0 Å². The minimum atomic E-state index is -0.136. The van der Waals surface area contributed by atoms with Crippen molar-refractivity contribution < 1.29 is 19.8 Å². The number of halogens is 2. The first-order valence-electron chi connectivity index (χ1n) is 3.88. The molecule has 3 heteroatoms. The molecule has 0 unspecified atom stereocenters. The second-order valence-corrected chi connectivity index (χ2v) is 6.07. The fourth-order valence-corrected chi connectivity index (χ4v) is 3.89. The van der Waals surface area contributed by atoms with Crippen molar-refractivity contribution in [2.24, 2.45) is 0 Å². The van der Waals surface area contributed by atoms with E-state index >= 15 is 0 Å². The van der Waals surface area contributed by atoms with Gasteiger partial charge in [0.05, 0.1) is 0 Å². The Morgan fingerprint density at radius 2 is 1.31 bits per heavy atom. The van der Waals surface area contributed by atoms with Crippen LogP contribution in [0.15, 0.2) is 44.0 Å². The van der Waals surface area contributed by atoms with Crippen LogP contribution in [-0.4, -0.2) is 0 Å². The minimum Gasteiger partial charge on any atom is -0.147 e. The van der Waals surface area contributed by atoms with Gasteiger partial charge in [-0.15, -0.1) is 24.8 Å². The summed E-state index contributed by atoms with van der Waals surface area (Å²) in [5.74, 6) is 0. The molecule has 0 bridgehead atoms. The van der Waals surface area contributed by atoms with E-state index in [-0.39, 0.29) is 44.6 Å². The third-order valence-corrected chi connectivity index (χ3v) is 4.83. The number of hydrogen-bond donors (Lipinski definition) is 0. The number of hydrogen-bond acceptors (Lipinski definition) is 0. The van der Waals surface area contributed by atoms with E-state index in [0.29, 0.717) is 0 Å². The summed E-state index contributed by atoms with van der Waals surface area (Å²) in [6.45, 7) is 0. The van der Waals surface area contributed by atoms with Gasteiger partial charge in [-0.2, -0.15) is 0 Å². The molecule has 2 aliphatic rings. The van der Waals surface area contributed by atoms with E-state index < -0.39 is 0 Å². The smallest absolute Gasteiger partial charge is 0.147 e. The third-order valence-electron chi connectivity index (χ3n) is 1.79. The van der Waals surface area contributed by atoms with Gasteiger partial charge in [0, 0.05) is 0 Å². The standard InChI is InChI=1S/2C5H5.2ClH.Nb/c2*1-2-4-5-3-1;;;/h2*1-3H,4H2;2*1H;. The maximum absolute atomic E-state index is 2.30. The van der Waals surface area contributed by atoms with E-state index in [9.17, 15) is 0 Å². The van der Waals surface area contributed by atoms with Crippen LogP contribution in [0.1, 0.15) is 12.8 Å². The van der Waals surface area contributed by atoms with Gasteiger partial charge in [0.25, 0.3) is 0 Å². The van der Waals surface area contributed by atoms with Crippen molar-refractivity contribution in [1.29, 1.82) is 0 Å². The fourth-order valence-electron chi connectivity index (χ4n) is 1.22. The molecule has 2 rings (SSSR count). The van der Waals surface area contributed by atoms with E-state index in [1.165, 1.54) is 12.8 Å². The first-order chi connectivity index (χ1) is 5.45. The predicted molar refractivity (Wildman–Crippen MR) is 58.2 cm³/mol. The van der Waals surface area contributed by atoms with Crippen LogP contribution in [0.4, 0.5) is 0 Å². The molecular weight excluding hydrogens is 284 g/mol. The summed E-state index contributed by atoms with van der Waals surface area (Å²) in [4.78, 5) is 0. The Balaban J connectivity index is 0.000000720. The maximum atomic E-state index is 2.30. The van der Waals surface area contributed by atoms with Crippen LogP contribution in [0.3, 0.4) is 0 Å². The molecule has 0 atom stereocenters. The van der Waals surface area contributed by atoms with Crippen LogP contribution < -0.4 is 0 Å². The summed E-state index contributed by atoms with van der Waals surface area (Å²) in [5, 5.41) is 0. The Hall–Kier alpha value is 0.280. The van der Waals surface area contributed by atoms with Crippen LogP contribution in [0.25, 0.3) is 0 Å². The Morgan fingerprint density at radius 3 is 1.62 bits per heavy atom. The van der Waals surface area contributed by atoms with Crippen molar-refractivity contribution in [3.63, 3.8) is 0 Å². The van der Waals surface area contributed by atoms with E-state index in [1.54, 1.807) is 7.58 Å². The first-order valence-corrected chi connectivity index (χ1v) is 6.08. The molecule has 13 heavy (non-hydrogen) atoms. The molecule has 0 saturated heterocycles. The second-order valence-electron chi connectivity index (χ2n) is 2.69. The molecular formula is C10H12Cl2Nb. The van der Waals surface area contributed by atoms with E-state index in [0.717, 1.165) is 0 Å². The van der Waals surface area contributed by atoms with Crippen molar-refractivity contribution in [2.45, 2.75) is 12.8 Å². The van der Waals surface area contributed by atoms with Crippen molar-refractivity contribution in [2.75, 3.05) is 0 Å². The van der Waals surface area contributed by atoms with E-state index in [2.05, 4.69) is 36.5 Å². The fraction of sp³-hybridized carbons (Fsp3) is 0.200. The van der Waals surface area contributed by atoms with Gasteiger partial charge in [0.1, 0.15) is 0 Å². The molecule has 0 heterocycles. The summed E-state index contributed by atoms with van der Waals surface area (Å²) in [5.41, 5.74) is 0. The van der Waals surface area contributed by atoms with Crippen molar-refractivity contribution in [3.8, 4) is 0 Å². The van der Waals surface area contributed by atoms with Gasteiger partial charge in [-0.1, -0.05) is 0 Å². The van der Waals surface area contributed by atoms with Crippen LogP contribution >= 0.6 is 24.8 Å². The summed E-state index contributed by atoms with van der Waals surface area (Å²) in [6, 6.07) is 0. The zero-order valence-corrected chi connectivity index (χ0v) is 11.0. The summed E-state index contributed by atoms with van der Waals surface area (Å²) >= 11 is -0.136. The molecule has 0 aliphatic heterocycles. The third kappa shape index (κ3) is 3.88. The molecule has 0 aromatic heterocycles. The molecule has 0 radical (unpaired) electrons. The zero-order valence-electron chi connectivity index (χ0n) is 7.14. The summed E-state index contributed by atoms with van der Waals surface area (Å²) in [7, 11) is 0. The SMILES string of the molecule is C1=CC[C]([Nb][C]2=CC=CC2)=C1.Cl.Cl. The van der Waals surface area contributed by atoms with Gasteiger partial charge >= 0.3 is 76.6 Å². The summed E-state index contributed by atoms with van der Waals surface area (Å²) in [6.07, 6.45) is 16.0. The molecule has 0 aromatic carbocycles. The Bertz CT molecular complexity index is 247. The minimum absolute atomic E-state index is 0. The van der Waals surface area contributed by atoms with Gasteiger partial charge in [0.15, 0.2) is 0 Å². The first kappa shape index (κ1) is 13.3. The molecule has 0 N–H and O–H groups in total. The topological polar surface area (TPSA) is 0 Å². The van der Waals surface area contributed by atoms with Gasteiger partial charge in [0.2, 0.25) is 0 Å². The van der Waals surface area contributed by atoms with Gasteiger partial charge < -0.3 is 0 Å². The zero-order chi connectivity index (χ0) is 7.52. The maximum Gasteiger partial charge on any atom is -0.147 e. The predicted octanol–water partition coefficient (Wildman–Crippen LogP) is 3.60. The summed E-state index contributed by atoms with van der Waals surface area (Å²) < 4.78 is 3.41. The molecule has 0 fully saturated rings. The van der Waals surface area contributed by atoms with E-state index in [4.69, 9.17) is 0 Å². The number of rotatable bonds is 2. The van der Waals surface area contributed by atoms with Gasteiger partial charge in [-0.3, -0.25) is 0 Å². The largest absolute Gasteiger partial charge is 0.147 e. The van der Waals surface area contributed by atoms with Crippen molar-refractivity contribution in [3.05, 3.63) is 44.0 Å². The molecule has 0 spiro atoms. The Labute approximate surface area is 101 Å². The molecule has 0 amide bonds. The number of allylic oxidation sites excluding steroid dienone is 8. The second kappa shape index (κ2) is 6.69. The molecule has 0 saturated carbocycles. The van der Waals surface area contributed by atoms with Gasteiger partial charge in [-0.05, 0) is 0 Å².